The summed E-state index contributed by atoms with van der Waals surface area (Å²) < 4.78 is 33.2. The number of nitriles is 1. The predicted molar refractivity (Wildman–Crippen MR) is 89.0 cm³/mol. The quantitative estimate of drug-likeness (QED) is 0.783. The highest BCUT2D eigenvalue weighted by molar-refractivity contribution is 6.01. The van der Waals surface area contributed by atoms with Crippen molar-refractivity contribution in [3.8, 4) is 6.07 Å². The van der Waals surface area contributed by atoms with Crippen LogP contribution in [0.5, 0.6) is 0 Å². The summed E-state index contributed by atoms with van der Waals surface area (Å²) in [5.74, 6) is -4.56. The van der Waals surface area contributed by atoms with Crippen molar-refractivity contribution < 1.29 is 27.9 Å². The van der Waals surface area contributed by atoms with Crippen LogP contribution in [0.4, 0.5) is 8.78 Å². The Labute approximate surface area is 154 Å². The summed E-state index contributed by atoms with van der Waals surface area (Å²) in [6.07, 6.45) is -0.315. The van der Waals surface area contributed by atoms with Gasteiger partial charge in [-0.05, 0) is 33.3 Å². The molecular formula is C18H19F2N3O4. The van der Waals surface area contributed by atoms with Gasteiger partial charge in [-0.15, -0.1) is 0 Å². The molecule has 0 bridgehead atoms. The third-order valence-electron chi connectivity index (χ3n) is 4.00. The molecule has 27 heavy (non-hydrogen) atoms. The smallest absolute Gasteiger partial charge is 0.306 e. The molecule has 0 radical (unpaired) electrons. The van der Waals surface area contributed by atoms with Gasteiger partial charge in [0, 0.05) is 12.0 Å². The molecule has 1 aromatic carbocycles. The number of carbonyl (C=O) groups is 3. The first-order valence-electron chi connectivity index (χ1n) is 8.19. The first-order valence-corrected chi connectivity index (χ1v) is 8.19. The Morgan fingerprint density at radius 2 is 2.04 bits per heavy atom. The van der Waals surface area contributed by atoms with Gasteiger partial charge in [-0.3, -0.25) is 14.4 Å². The second-order valence-electron chi connectivity index (χ2n) is 7.16. The van der Waals surface area contributed by atoms with Gasteiger partial charge < -0.3 is 15.4 Å². The molecule has 0 unspecified atom stereocenters. The number of hydrogen-bond acceptors (Lipinski definition) is 5. The lowest BCUT2D eigenvalue weighted by atomic mass is 10.1. The topological polar surface area (TPSA) is 113 Å². The number of hydrogen-bond donors (Lipinski definition) is 1. The highest BCUT2D eigenvalue weighted by atomic mass is 19.1. The van der Waals surface area contributed by atoms with Crippen molar-refractivity contribution in [1.82, 2.24) is 4.90 Å². The summed E-state index contributed by atoms with van der Waals surface area (Å²) in [5, 5.41) is 8.84. The maximum absolute atomic E-state index is 14.3. The molecule has 1 heterocycles. The maximum Gasteiger partial charge on any atom is 0.306 e. The van der Waals surface area contributed by atoms with E-state index in [-0.39, 0.29) is 30.5 Å². The second-order valence-corrected chi connectivity index (χ2v) is 7.16. The van der Waals surface area contributed by atoms with Crippen LogP contribution in [0.2, 0.25) is 0 Å². The summed E-state index contributed by atoms with van der Waals surface area (Å²) in [7, 11) is 0. The molecule has 0 saturated heterocycles. The molecular weight excluding hydrogens is 360 g/mol. The van der Waals surface area contributed by atoms with Crippen LogP contribution in [0, 0.1) is 23.0 Å². The Balaban J connectivity index is 2.23. The number of esters is 1. The summed E-state index contributed by atoms with van der Waals surface area (Å²) in [4.78, 5) is 37.2. The van der Waals surface area contributed by atoms with Crippen LogP contribution < -0.4 is 5.73 Å². The van der Waals surface area contributed by atoms with E-state index in [9.17, 15) is 23.2 Å². The lowest BCUT2D eigenvalue weighted by molar-refractivity contribution is -0.155. The lowest BCUT2D eigenvalue weighted by Gasteiger charge is -2.25. The van der Waals surface area contributed by atoms with Crippen molar-refractivity contribution in [3.63, 3.8) is 0 Å². The Bertz CT molecular complexity index is 856. The number of fused-ring (bicyclic) bond motifs is 1. The third-order valence-corrected chi connectivity index (χ3v) is 4.00. The molecule has 0 aromatic heterocycles. The van der Waals surface area contributed by atoms with Crippen molar-refractivity contribution in [3.05, 3.63) is 34.4 Å². The average Bonchev–Trinajstić information content (AvgIpc) is 2.83. The van der Waals surface area contributed by atoms with E-state index in [1.165, 1.54) is 6.07 Å². The Hall–Kier alpha value is -3.02. The summed E-state index contributed by atoms with van der Waals surface area (Å²) in [6.45, 7) is 4.69. The highest BCUT2D eigenvalue weighted by Gasteiger charge is 2.39. The Kier molecular flexibility index (Phi) is 5.49. The van der Waals surface area contributed by atoms with E-state index in [4.69, 9.17) is 15.7 Å². The molecule has 2 rings (SSSR count). The Morgan fingerprint density at radius 3 is 2.56 bits per heavy atom. The fourth-order valence-electron chi connectivity index (χ4n) is 2.86. The molecule has 1 atom stereocenters. The fraction of sp³-hybridized carbons (Fsp3) is 0.444. The molecule has 1 aromatic rings. The van der Waals surface area contributed by atoms with Gasteiger partial charge in [0.25, 0.3) is 5.91 Å². The molecule has 144 valence electrons. The van der Waals surface area contributed by atoms with E-state index in [0.717, 1.165) is 11.0 Å². The Morgan fingerprint density at radius 1 is 1.41 bits per heavy atom. The van der Waals surface area contributed by atoms with Crippen LogP contribution in [0.1, 0.15) is 55.1 Å². The van der Waals surface area contributed by atoms with Crippen LogP contribution in [0.15, 0.2) is 6.07 Å². The molecule has 0 aliphatic carbocycles. The average molecular weight is 379 g/mol. The van der Waals surface area contributed by atoms with Gasteiger partial charge in [0.2, 0.25) is 5.91 Å². The van der Waals surface area contributed by atoms with E-state index in [1.54, 1.807) is 20.8 Å². The monoisotopic (exact) mass is 379 g/mol. The van der Waals surface area contributed by atoms with Crippen LogP contribution in [0.3, 0.4) is 0 Å². The molecule has 0 fully saturated rings. The fourth-order valence-corrected chi connectivity index (χ4v) is 2.86. The molecule has 0 spiro atoms. The van der Waals surface area contributed by atoms with Gasteiger partial charge in [0.1, 0.15) is 34.9 Å². The number of primary amides is 1. The van der Waals surface area contributed by atoms with Gasteiger partial charge in [0.05, 0.1) is 12.1 Å². The number of amides is 2. The van der Waals surface area contributed by atoms with Crippen LogP contribution in [-0.2, 0) is 20.9 Å². The number of nitrogens with zero attached hydrogens (tertiary/aromatic N) is 2. The van der Waals surface area contributed by atoms with Crippen molar-refractivity contribution >= 4 is 17.8 Å². The van der Waals surface area contributed by atoms with Crippen molar-refractivity contribution in [2.24, 2.45) is 5.73 Å². The molecule has 0 saturated carbocycles. The van der Waals surface area contributed by atoms with Crippen LogP contribution >= 0.6 is 0 Å². The van der Waals surface area contributed by atoms with Crippen molar-refractivity contribution in [1.29, 1.82) is 5.26 Å². The molecule has 9 heteroatoms. The summed E-state index contributed by atoms with van der Waals surface area (Å²) in [6, 6.07) is 0.970. The number of rotatable bonds is 5. The maximum atomic E-state index is 14.3. The first kappa shape index (κ1) is 20.3. The van der Waals surface area contributed by atoms with Crippen molar-refractivity contribution in [2.45, 2.75) is 51.8 Å². The second kappa shape index (κ2) is 7.31. The summed E-state index contributed by atoms with van der Waals surface area (Å²) >= 11 is 0. The van der Waals surface area contributed by atoms with Gasteiger partial charge in [-0.2, -0.15) is 5.26 Å². The minimum absolute atomic E-state index is 0.126. The minimum Gasteiger partial charge on any atom is -0.460 e. The zero-order valence-electron chi connectivity index (χ0n) is 15.1. The largest absolute Gasteiger partial charge is 0.460 e. The van der Waals surface area contributed by atoms with Gasteiger partial charge >= 0.3 is 5.97 Å². The van der Waals surface area contributed by atoms with Gasteiger partial charge in [0.15, 0.2) is 0 Å². The van der Waals surface area contributed by atoms with Crippen LogP contribution in [0.25, 0.3) is 0 Å². The number of carbonyl (C=O) groups excluding carboxylic acids is 3. The standard InChI is InChI=1S/C18H19F2N3O4/c1-18(2,3)27-14(24)5-4-13(16(22)25)23-8-11-9(17(23)26)6-12(19)10(7-21)15(11)20/h6,13H,4-5,8H2,1-3H3,(H2,22,25)/t13-/m0/s1. The molecule has 2 N–H and O–H groups in total. The molecule has 2 amide bonds. The number of nitrogens with two attached hydrogens (primary N) is 1. The molecule has 1 aliphatic heterocycles. The number of ether oxygens (including phenoxy) is 1. The van der Waals surface area contributed by atoms with E-state index in [1.807, 2.05) is 0 Å². The van der Waals surface area contributed by atoms with E-state index in [0.29, 0.717) is 0 Å². The van der Waals surface area contributed by atoms with Gasteiger partial charge in [-0.1, -0.05) is 0 Å². The SMILES string of the molecule is CC(C)(C)OC(=O)CC[C@@H](C(N)=O)N1Cc2c(cc(F)c(C#N)c2F)C1=O. The number of halogens is 2. The minimum atomic E-state index is -1.20. The zero-order chi connectivity index (χ0) is 20.5. The van der Waals surface area contributed by atoms with Crippen molar-refractivity contribution in [2.75, 3.05) is 0 Å². The molecule has 7 nitrogen and oxygen atoms in total. The van der Waals surface area contributed by atoms with Gasteiger partial charge in [-0.25, -0.2) is 8.78 Å². The van der Waals surface area contributed by atoms with E-state index in [2.05, 4.69) is 0 Å². The zero-order valence-corrected chi connectivity index (χ0v) is 15.1. The third kappa shape index (κ3) is 4.22. The number of benzene rings is 1. The van der Waals surface area contributed by atoms with Crippen LogP contribution in [-0.4, -0.2) is 34.3 Å². The normalized spacial score (nSPS) is 14.5. The lowest BCUT2D eigenvalue weighted by Crippen LogP contribution is -2.45. The molecule has 1 aliphatic rings. The first-order chi connectivity index (χ1) is 12.5. The highest BCUT2D eigenvalue weighted by Crippen LogP contribution is 2.31. The predicted octanol–water partition coefficient (Wildman–Crippen LogP) is 1.77. The van der Waals surface area contributed by atoms with E-state index < -0.39 is 46.6 Å². The van der Waals surface area contributed by atoms with E-state index >= 15 is 0 Å². The summed E-state index contributed by atoms with van der Waals surface area (Å²) in [5.41, 5.74) is 3.38.